The van der Waals surface area contributed by atoms with Crippen LogP contribution in [0.3, 0.4) is 0 Å². The summed E-state index contributed by atoms with van der Waals surface area (Å²) in [5.41, 5.74) is 3.51. The van der Waals surface area contributed by atoms with Gasteiger partial charge >= 0.3 is 0 Å². The summed E-state index contributed by atoms with van der Waals surface area (Å²) in [6.07, 6.45) is 2.33. The van der Waals surface area contributed by atoms with Crippen molar-refractivity contribution >= 4 is 40.9 Å². The number of nitrogens with zero attached hydrogens (tertiary/aromatic N) is 1. The van der Waals surface area contributed by atoms with Crippen molar-refractivity contribution in [3.63, 3.8) is 0 Å². The number of fused-ring (bicyclic) bond motifs is 4. The standard InChI is InChI=1S/C33H27ClFN3O6/c1-44-26-13-2-16(14-25(26)39)28-21-11-12-22-27(30(41)36-29(22)40)23(21)15-24-31(42)38(37-20-9-7-19(35)8-10-20)32(43)33(24,28)17-3-5-18(34)6-4-17/h2-11,13-14,22-24,27-28,37,39H,12,15H2,1H3,(H,36,40,41). The highest BCUT2D eigenvalue weighted by molar-refractivity contribution is 6.30. The fraction of sp³-hybridized carbons (Fsp3) is 0.273. The van der Waals surface area contributed by atoms with Gasteiger partial charge in [-0.05, 0) is 78.4 Å². The molecular formula is C33H27ClFN3O6. The van der Waals surface area contributed by atoms with E-state index < -0.39 is 58.5 Å². The molecule has 4 aliphatic rings. The van der Waals surface area contributed by atoms with Gasteiger partial charge in [-0.15, -0.1) is 0 Å². The molecule has 7 rings (SSSR count). The van der Waals surface area contributed by atoms with Crippen LogP contribution in [0.5, 0.6) is 11.5 Å². The Hall–Kier alpha value is -4.70. The summed E-state index contributed by atoms with van der Waals surface area (Å²) in [4.78, 5) is 55.2. The number of aromatic hydroxyl groups is 1. The van der Waals surface area contributed by atoms with E-state index in [1.54, 1.807) is 36.4 Å². The molecule has 3 N–H and O–H groups in total. The van der Waals surface area contributed by atoms with Crippen molar-refractivity contribution in [3.8, 4) is 11.5 Å². The Labute approximate surface area is 256 Å². The van der Waals surface area contributed by atoms with Gasteiger partial charge in [0.05, 0.1) is 36.0 Å². The van der Waals surface area contributed by atoms with E-state index in [1.165, 1.54) is 37.4 Å². The lowest BCUT2D eigenvalue weighted by molar-refractivity contribution is -0.138. The Morgan fingerprint density at radius 1 is 1.00 bits per heavy atom. The first-order valence-corrected chi connectivity index (χ1v) is 14.6. The normalized spacial score (nSPS) is 29.0. The van der Waals surface area contributed by atoms with Crippen LogP contribution < -0.4 is 15.5 Å². The van der Waals surface area contributed by atoms with Crippen molar-refractivity contribution in [2.24, 2.45) is 23.7 Å². The predicted molar refractivity (Wildman–Crippen MR) is 157 cm³/mol. The number of benzene rings is 3. The second kappa shape index (κ2) is 10.2. The summed E-state index contributed by atoms with van der Waals surface area (Å²) in [5.74, 6) is -5.82. The first-order chi connectivity index (χ1) is 21.1. The zero-order chi connectivity index (χ0) is 30.9. The molecule has 2 aliphatic heterocycles. The molecular weight excluding hydrogens is 589 g/mol. The molecule has 11 heteroatoms. The van der Waals surface area contributed by atoms with Gasteiger partial charge in [-0.3, -0.25) is 29.9 Å². The van der Waals surface area contributed by atoms with E-state index in [4.69, 9.17) is 16.3 Å². The Bertz CT molecular complexity index is 1760. The zero-order valence-corrected chi connectivity index (χ0v) is 24.2. The van der Waals surface area contributed by atoms with E-state index in [2.05, 4.69) is 10.7 Å². The number of nitrogens with one attached hydrogen (secondary N) is 2. The molecule has 0 bridgehead atoms. The van der Waals surface area contributed by atoms with Crippen LogP contribution in [0.4, 0.5) is 10.1 Å². The van der Waals surface area contributed by atoms with Gasteiger partial charge in [0.25, 0.3) is 11.8 Å². The number of imide groups is 2. The number of allylic oxidation sites excluding steroid dienone is 2. The molecule has 224 valence electrons. The number of halogens is 2. The predicted octanol–water partition coefficient (Wildman–Crippen LogP) is 4.47. The Balaban J connectivity index is 1.47. The molecule has 0 aromatic heterocycles. The van der Waals surface area contributed by atoms with Gasteiger partial charge in [0.2, 0.25) is 11.8 Å². The fourth-order valence-corrected chi connectivity index (χ4v) is 7.95. The average molecular weight is 616 g/mol. The molecule has 3 aromatic rings. The topological polar surface area (TPSA) is 125 Å². The molecule has 9 nitrogen and oxygen atoms in total. The number of carbonyl (C=O) groups excluding carboxylic acids is 4. The number of hydrazine groups is 1. The molecule has 0 spiro atoms. The summed E-state index contributed by atoms with van der Waals surface area (Å²) < 4.78 is 19.0. The number of phenolic OH excluding ortho intramolecular Hbond substituents is 1. The maximum absolute atomic E-state index is 14.9. The third-order valence-corrected chi connectivity index (χ3v) is 9.89. The highest BCUT2D eigenvalue weighted by atomic mass is 35.5. The highest BCUT2D eigenvalue weighted by Gasteiger charge is 2.70. The van der Waals surface area contributed by atoms with E-state index in [-0.39, 0.29) is 30.2 Å². The number of ether oxygens (including phenoxy) is 1. The second-order valence-corrected chi connectivity index (χ2v) is 12.1. The quantitative estimate of drug-likeness (QED) is 0.286. The first-order valence-electron chi connectivity index (χ1n) is 14.2. The molecule has 2 aliphatic carbocycles. The highest BCUT2D eigenvalue weighted by Crippen LogP contribution is 2.64. The largest absolute Gasteiger partial charge is 0.504 e. The van der Waals surface area contributed by atoms with Crippen molar-refractivity contribution in [1.29, 1.82) is 0 Å². The minimum atomic E-state index is -1.52. The third-order valence-electron chi connectivity index (χ3n) is 9.64. The minimum absolute atomic E-state index is 0.126. The van der Waals surface area contributed by atoms with Crippen LogP contribution in [0.15, 0.2) is 78.4 Å². The third kappa shape index (κ3) is 3.97. The number of carbonyl (C=O) groups is 4. The Morgan fingerprint density at radius 2 is 1.73 bits per heavy atom. The molecule has 4 amide bonds. The number of phenols is 1. The summed E-state index contributed by atoms with van der Waals surface area (Å²) >= 11 is 6.27. The maximum Gasteiger partial charge on any atom is 0.260 e. The smallest absolute Gasteiger partial charge is 0.260 e. The molecule has 44 heavy (non-hydrogen) atoms. The lowest BCUT2D eigenvalue weighted by Gasteiger charge is -2.50. The number of hydrogen-bond donors (Lipinski definition) is 3. The maximum atomic E-state index is 14.9. The van der Waals surface area contributed by atoms with E-state index >= 15 is 0 Å². The van der Waals surface area contributed by atoms with Crippen molar-refractivity contribution in [1.82, 2.24) is 10.3 Å². The molecule has 3 aromatic carbocycles. The Morgan fingerprint density at radius 3 is 2.41 bits per heavy atom. The van der Waals surface area contributed by atoms with Crippen molar-refractivity contribution in [2.75, 3.05) is 12.5 Å². The lowest BCUT2D eigenvalue weighted by atomic mass is 9.49. The second-order valence-electron chi connectivity index (χ2n) is 11.7. The van der Waals surface area contributed by atoms with Gasteiger partial charge in [-0.2, -0.15) is 5.01 Å². The lowest BCUT2D eigenvalue weighted by Crippen LogP contribution is -2.53. The molecule has 6 unspecified atom stereocenters. The summed E-state index contributed by atoms with van der Waals surface area (Å²) in [5, 5.41) is 14.8. The van der Waals surface area contributed by atoms with Gasteiger partial charge in [0.15, 0.2) is 11.5 Å². The van der Waals surface area contributed by atoms with Gasteiger partial charge < -0.3 is 9.84 Å². The van der Waals surface area contributed by atoms with Crippen LogP contribution in [-0.2, 0) is 24.6 Å². The van der Waals surface area contributed by atoms with Crippen LogP contribution in [0.1, 0.15) is 29.9 Å². The number of methoxy groups -OCH3 is 1. The van der Waals surface area contributed by atoms with Crippen LogP contribution in [0.25, 0.3) is 0 Å². The van der Waals surface area contributed by atoms with Crippen molar-refractivity contribution in [3.05, 3.63) is 100 Å². The van der Waals surface area contributed by atoms with E-state index in [0.29, 0.717) is 21.8 Å². The van der Waals surface area contributed by atoms with Crippen molar-refractivity contribution < 1.29 is 33.4 Å². The SMILES string of the molecule is COc1ccc(C2C3=CCC4C(=O)NC(=O)C4C3CC3C(=O)N(Nc4ccc(F)cc4)C(=O)C32c2ccc(Cl)cc2)cc1O. The zero-order valence-electron chi connectivity index (χ0n) is 23.4. The van der Waals surface area contributed by atoms with E-state index in [1.807, 2.05) is 6.08 Å². The number of hydrogen-bond acceptors (Lipinski definition) is 7. The summed E-state index contributed by atoms with van der Waals surface area (Å²) in [6.45, 7) is 0. The molecule has 1 saturated carbocycles. The molecule has 6 atom stereocenters. The monoisotopic (exact) mass is 615 g/mol. The molecule has 0 radical (unpaired) electrons. The minimum Gasteiger partial charge on any atom is -0.504 e. The van der Waals surface area contributed by atoms with Crippen molar-refractivity contribution in [2.45, 2.75) is 24.2 Å². The van der Waals surface area contributed by atoms with Crippen LogP contribution in [0, 0.1) is 29.5 Å². The number of amides is 4. The molecule has 2 heterocycles. The average Bonchev–Trinajstić information content (AvgIpc) is 3.42. The van der Waals surface area contributed by atoms with Gasteiger partial charge in [-0.25, -0.2) is 4.39 Å². The molecule has 3 fully saturated rings. The Kier molecular flexibility index (Phi) is 6.51. The van der Waals surface area contributed by atoms with Gasteiger partial charge in [0.1, 0.15) is 5.82 Å². The summed E-state index contributed by atoms with van der Waals surface area (Å²) in [6, 6.07) is 16.9. The van der Waals surface area contributed by atoms with Crippen LogP contribution >= 0.6 is 11.6 Å². The van der Waals surface area contributed by atoms with Gasteiger partial charge in [0, 0.05) is 10.9 Å². The van der Waals surface area contributed by atoms with Crippen LogP contribution in [0.2, 0.25) is 5.02 Å². The summed E-state index contributed by atoms with van der Waals surface area (Å²) in [7, 11) is 1.42. The first kappa shape index (κ1) is 28.1. The van der Waals surface area contributed by atoms with E-state index in [0.717, 1.165) is 10.6 Å². The molecule has 2 saturated heterocycles. The number of rotatable bonds is 5. The van der Waals surface area contributed by atoms with Gasteiger partial charge in [-0.1, -0.05) is 41.4 Å². The van der Waals surface area contributed by atoms with E-state index in [9.17, 15) is 28.7 Å². The number of anilines is 1. The van der Waals surface area contributed by atoms with Crippen LogP contribution in [-0.4, -0.2) is 40.9 Å². The fourth-order valence-electron chi connectivity index (χ4n) is 7.83.